The number of rotatable bonds is 7. The molecule has 2 heterocycles. The third kappa shape index (κ3) is 4.69. The summed E-state index contributed by atoms with van der Waals surface area (Å²) in [6.07, 6.45) is 0. The minimum Gasteiger partial charge on any atom is -0.348 e. The van der Waals surface area contributed by atoms with Gasteiger partial charge in [-0.3, -0.25) is 4.79 Å². The molecule has 0 atom stereocenters. The number of para-hydroxylation sites is 1. The number of nitrogens with one attached hydrogen (secondary N) is 1. The van der Waals surface area contributed by atoms with E-state index in [1.54, 1.807) is 6.92 Å². The van der Waals surface area contributed by atoms with Crippen LogP contribution in [-0.4, -0.2) is 25.8 Å². The molecule has 31 heavy (non-hydrogen) atoms. The molecule has 0 saturated carbocycles. The highest BCUT2D eigenvalue weighted by Gasteiger charge is 2.16. The minimum absolute atomic E-state index is 0.129. The van der Waals surface area contributed by atoms with Gasteiger partial charge in [0.25, 0.3) is 5.91 Å². The van der Waals surface area contributed by atoms with E-state index in [0.717, 1.165) is 27.5 Å². The summed E-state index contributed by atoms with van der Waals surface area (Å²) in [5, 5.41) is 11.5. The van der Waals surface area contributed by atoms with E-state index in [1.165, 1.54) is 11.8 Å². The van der Waals surface area contributed by atoms with E-state index in [0.29, 0.717) is 29.6 Å². The molecule has 0 fully saturated rings. The molecule has 4 rings (SSSR count). The van der Waals surface area contributed by atoms with Crippen LogP contribution in [0.3, 0.4) is 0 Å². The largest absolute Gasteiger partial charge is 0.348 e. The third-order valence-electron chi connectivity index (χ3n) is 4.92. The number of thioether (sulfide) groups is 1. The standard InChI is InChI=1S/C23H23N5O2S/c1-15-20(16(2)28(26-15)18-9-5-4-6-10-18)13-24-23(29)19-11-7-8-12-21(19)31-14-22-25-17(3)27-30-22/h4-12H,13-14H2,1-3H3,(H,24,29). The average molecular weight is 434 g/mol. The average Bonchev–Trinajstić information content (AvgIpc) is 3.33. The van der Waals surface area contributed by atoms with Crippen LogP contribution in [0.4, 0.5) is 0 Å². The number of aryl methyl sites for hydroxylation is 2. The van der Waals surface area contributed by atoms with Crippen LogP contribution in [0.15, 0.2) is 64.0 Å². The Morgan fingerprint density at radius 3 is 2.55 bits per heavy atom. The fourth-order valence-electron chi connectivity index (χ4n) is 3.33. The molecule has 0 unspecified atom stereocenters. The molecule has 2 aromatic carbocycles. The van der Waals surface area contributed by atoms with Crippen LogP contribution < -0.4 is 5.32 Å². The highest BCUT2D eigenvalue weighted by molar-refractivity contribution is 7.98. The van der Waals surface area contributed by atoms with Gasteiger partial charge in [0.1, 0.15) is 0 Å². The molecule has 8 heteroatoms. The van der Waals surface area contributed by atoms with Gasteiger partial charge in [-0.15, -0.1) is 11.8 Å². The van der Waals surface area contributed by atoms with Gasteiger partial charge >= 0.3 is 0 Å². The van der Waals surface area contributed by atoms with Crippen molar-refractivity contribution in [2.75, 3.05) is 0 Å². The van der Waals surface area contributed by atoms with Crippen LogP contribution in [-0.2, 0) is 12.3 Å². The van der Waals surface area contributed by atoms with Gasteiger partial charge in [0.2, 0.25) is 5.89 Å². The molecule has 0 spiro atoms. The van der Waals surface area contributed by atoms with E-state index in [4.69, 9.17) is 4.52 Å². The van der Waals surface area contributed by atoms with Crippen LogP contribution in [0.1, 0.15) is 39.0 Å². The summed E-state index contributed by atoms with van der Waals surface area (Å²) >= 11 is 1.50. The second-order valence-electron chi connectivity index (χ2n) is 7.10. The molecule has 0 aliphatic rings. The highest BCUT2D eigenvalue weighted by Crippen LogP contribution is 2.26. The number of hydrogen-bond acceptors (Lipinski definition) is 6. The lowest BCUT2D eigenvalue weighted by Crippen LogP contribution is -2.24. The summed E-state index contributed by atoms with van der Waals surface area (Å²) in [6, 6.07) is 17.5. The quantitative estimate of drug-likeness (QED) is 0.435. The second kappa shape index (κ2) is 9.18. The van der Waals surface area contributed by atoms with Gasteiger partial charge in [-0.2, -0.15) is 10.1 Å². The lowest BCUT2D eigenvalue weighted by atomic mass is 10.1. The maximum atomic E-state index is 13.0. The number of nitrogens with zero attached hydrogens (tertiary/aromatic N) is 4. The lowest BCUT2D eigenvalue weighted by molar-refractivity contribution is 0.0948. The monoisotopic (exact) mass is 433 g/mol. The summed E-state index contributed by atoms with van der Waals surface area (Å²) < 4.78 is 7.07. The molecule has 4 aromatic rings. The SMILES string of the molecule is Cc1noc(CSc2ccccc2C(=O)NCc2c(C)nn(-c3ccccc3)c2C)n1. The van der Waals surface area contributed by atoms with E-state index >= 15 is 0 Å². The van der Waals surface area contributed by atoms with Crippen molar-refractivity contribution in [3.8, 4) is 5.69 Å². The van der Waals surface area contributed by atoms with Crippen molar-refractivity contribution >= 4 is 17.7 Å². The number of amides is 1. The van der Waals surface area contributed by atoms with Gasteiger partial charge in [-0.05, 0) is 45.0 Å². The first-order chi connectivity index (χ1) is 15.0. The number of hydrogen-bond donors (Lipinski definition) is 1. The van der Waals surface area contributed by atoms with Gasteiger partial charge in [-0.25, -0.2) is 4.68 Å². The summed E-state index contributed by atoms with van der Waals surface area (Å²) in [4.78, 5) is 18.0. The molecule has 0 aliphatic carbocycles. The van der Waals surface area contributed by atoms with Gasteiger partial charge in [0, 0.05) is 22.7 Å². The minimum atomic E-state index is -0.129. The molecular weight excluding hydrogens is 410 g/mol. The zero-order valence-electron chi connectivity index (χ0n) is 17.6. The van der Waals surface area contributed by atoms with Crippen molar-refractivity contribution in [2.45, 2.75) is 38.0 Å². The van der Waals surface area contributed by atoms with Crippen molar-refractivity contribution < 1.29 is 9.32 Å². The van der Waals surface area contributed by atoms with Crippen molar-refractivity contribution in [2.24, 2.45) is 0 Å². The predicted molar refractivity (Wildman–Crippen MR) is 119 cm³/mol. The molecule has 1 N–H and O–H groups in total. The molecule has 0 aliphatic heterocycles. The first kappa shape index (κ1) is 20.9. The Kier molecular flexibility index (Phi) is 6.18. The fourth-order valence-corrected chi connectivity index (χ4v) is 4.22. The van der Waals surface area contributed by atoms with E-state index in [1.807, 2.05) is 73.1 Å². The number of carbonyl (C=O) groups excluding carboxylic acids is 1. The summed E-state index contributed by atoms with van der Waals surface area (Å²) in [7, 11) is 0. The summed E-state index contributed by atoms with van der Waals surface area (Å²) in [5.74, 6) is 1.52. The maximum absolute atomic E-state index is 13.0. The number of carbonyl (C=O) groups is 1. The molecule has 1 amide bonds. The zero-order valence-corrected chi connectivity index (χ0v) is 18.4. The predicted octanol–water partition coefficient (Wildman–Crippen LogP) is 4.40. The van der Waals surface area contributed by atoms with Crippen molar-refractivity contribution in [1.82, 2.24) is 25.2 Å². The van der Waals surface area contributed by atoms with Crippen molar-refractivity contribution in [3.05, 3.63) is 88.8 Å². The Balaban J connectivity index is 1.47. The topological polar surface area (TPSA) is 85.8 Å². The van der Waals surface area contributed by atoms with Crippen molar-refractivity contribution in [3.63, 3.8) is 0 Å². The van der Waals surface area contributed by atoms with Gasteiger partial charge < -0.3 is 9.84 Å². The van der Waals surface area contributed by atoms with Crippen LogP contribution in [0.2, 0.25) is 0 Å². The summed E-state index contributed by atoms with van der Waals surface area (Å²) in [5.41, 5.74) is 4.55. The molecular formula is C23H23N5O2S. The second-order valence-corrected chi connectivity index (χ2v) is 8.12. The molecule has 0 radical (unpaired) electrons. The third-order valence-corrected chi connectivity index (χ3v) is 5.98. The Bertz CT molecular complexity index is 1200. The normalized spacial score (nSPS) is 10.9. The van der Waals surface area contributed by atoms with Crippen LogP contribution in [0, 0.1) is 20.8 Å². The Hall–Kier alpha value is -3.39. The Morgan fingerprint density at radius 1 is 1.06 bits per heavy atom. The molecule has 0 bridgehead atoms. The van der Waals surface area contributed by atoms with Crippen molar-refractivity contribution in [1.29, 1.82) is 0 Å². The smallest absolute Gasteiger partial charge is 0.252 e. The fraction of sp³-hybridized carbons (Fsp3) is 0.217. The molecule has 0 saturated heterocycles. The van der Waals surface area contributed by atoms with Crippen LogP contribution in [0.25, 0.3) is 5.69 Å². The van der Waals surface area contributed by atoms with E-state index in [9.17, 15) is 4.79 Å². The number of aromatic nitrogens is 4. The highest BCUT2D eigenvalue weighted by atomic mass is 32.2. The van der Waals surface area contributed by atoms with Gasteiger partial charge in [0.05, 0.1) is 22.7 Å². The van der Waals surface area contributed by atoms with E-state index in [-0.39, 0.29) is 5.91 Å². The molecule has 2 aromatic heterocycles. The van der Waals surface area contributed by atoms with Crippen LogP contribution in [0.5, 0.6) is 0 Å². The molecule has 158 valence electrons. The van der Waals surface area contributed by atoms with Gasteiger partial charge in [0.15, 0.2) is 5.82 Å². The maximum Gasteiger partial charge on any atom is 0.252 e. The Labute approximate surface area is 184 Å². The lowest BCUT2D eigenvalue weighted by Gasteiger charge is -2.10. The zero-order chi connectivity index (χ0) is 21.8. The number of benzene rings is 2. The Morgan fingerprint density at radius 2 is 1.81 bits per heavy atom. The first-order valence-corrected chi connectivity index (χ1v) is 10.9. The van der Waals surface area contributed by atoms with E-state index in [2.05, 4.69) is 20.6 Å². The first-order valence-electron chi connectivity index (χ1n) is 9.92. The van der Waals surface area contributed by atoms with E-state index < -0.39 is 0 Å². The summed E-state index contributed by atoms with van der Waals surface area (Å²) in [6.45, 7) is 6.17. The molecule has 7 nitrogen and oxygen atoms in total. The van der Waals surface area contributed by atoms with Crippen LogP contribution >= 0.6 is 11.8 Å². The van der Waals surface area contributed by atoms with Gasteiger partial charge in [-0.1, -0.05) is 35.5 Å².